The number of aryl methyl sites for hydroxylation is 2. The first-order chi connectivity index (χ1) is 14.1. The molecular formula is C21H31N5O3. The fraction of sp³-hybridized carbons (Fsp3) is 0.476. The molecule has 8 heteroatoms. The van der Waals surface area contributed by atoms with E-state index in [1.807, 2.05) is 45.0 Å². The van der Waals surface area contributed by atoms with Crippen molar-refractivity contribution in [2.75, 3.05) is 20.2 Å². The number of aromatic nitrogens is 1. The zero-order valence-electron chi connectivity index (χ0n) is 17.7. The third kappa shape index (κ3) is 6.81. The Morgan fingerprint density at radius 3 is 2.48 bits per heavy atom. The van der Waals surface area contributed by atoms with Crippen LogP contribution in [0, 0.1) is 0 Å². The van der Waals surface area contributed by atoms with Crippen LogP contribution in [0.15, 0.2) is 33.8 Å². The number of carbonyl (C=O) groups is 1. The molecule has 0 spiro atoms. The summed E-state index contributed by atoms with van der Waals surface area (Å²) >= 11 is 0. The number of benzene rings is 1. The molecular weight excluding hydrogens is 370 g/mol. The minimum Gasteiger partial charge on any atom is -0.497 e. The van der Waals surface area contributed by atoms with Crippen molar-refractivity contribution in [3.05, 3.63) is 46.8 Å². The molecule has 2 aromatic rings. The molecule has 0 saturated carbocycles. The molecule has 0 aliphatic carbocycles. The van der Waals surface area contributed by atoms with Gasteiger partial charge in [-0.25, -0.2) is 4.99 Å². The lowest BCUT2D eigenvalue weighted by Crippen LogP contribution is -2.43. The Morgan fingerprint density at radius 1 is 1.10 bits per heavy atom. The average molecular weight is 402 g/mol. The number of carbonyl (C=O) groups excluding carboxylic acids is 1. The lowest BCUT2D eigenvalue weighted by atomic mass is 10.1. The van der Waals surface area contributed by atoms with Crippen LogP contribution in [0.1, 0.15) is 43.4 Å². The molecule has 0 unspecified atom stereocenters. The maximum absolute atomic E-state index is 12.2. The van der Waals surface area contributed by atoms with E-state index < -0.39 is 0 Å². The quantitative estimate of drug-likeness (QED) is 0.417. The van der Waals surface area contributed by atoms with Crippen LogP contribution in [0.5, 0.6) is 5.75 Å². The second kappa shape index (κ2) is 11.7. The van der Waals surface area contributed by atoms with E-state index >= 15 is 0 Å². The van der Waals surface area contributed by atoms with Gasteiger partial charge in [0.25, 0.3) is 0 Å². The van der Waals surface area contributed by atoms with Gasteiger partial charge in [0.05, 0.1) is 25.9 Å². The number of amides is 1. The molecule has 0 saturated heterocycles. The summed E-state index contributed by atoms with van der Waals surface area (Å²) in [5.74, 6) is 2.12. The van der Waals surface area contributed by atoms with Gasteiger partial charge in [-0.05, 0) is 31.0 Å². The summed E-state index contributed by atoms with van der Waals surface area (Å²) in [6.07, 6.45) is 1.57. The Bertz CT molecular complexity index is 778. The maximum Gasteiger partial charge on any atom is 0.239 e. The molecule has 1 amide bonds. The SMILES string of the molecule is CCNC(=NCc1c(CC)noc1CC)NCC(=O)NCc1ccc(OC)cc1. The summed E-state index contributed by atoms with van der Waals surface area (Å²) < 4.78 is 10.5. The Hall–Kier alpha value is -3.03. The van der Waals surface area contributed by atoms with Crippen molar-refractivity contribution < 1.29 is 14.1 Å². The fourth-order valence-corrected chi connectivity index (χ4v) is 2.79. The highest BCUT2D eigenvalue weighted by Crippen LogP contribution is 2.16. The summed E-state index contributed by atoms with van der Waals surface area (Å²) in [6, 6.07) is 7.59. The molecule has 0 aliphatic heterocycles. The van der Waals surface area contributed by atoms with Crippen molar-refractivity contribution in [1.82, 2.24) is 21.1 Å². The van der Waals surface area contributed by atoms with Crippen LogP contribution in [0.4, 0.5) is 0 Å². The number of hydrogen-bond donors (Lipinski definition) is 3. The van der Waals surface area contributed by atoms with E-state index in [1.54, 1.807) is 7.11 Å². The predicted octanol–water partition coefficient (Wildman–Crippen LogP) is 2.18. The second-order valence-electron chi connectivity index (χ2n) is 6.41. The van der Waals surface area contributed by atoms with Gasteiger partial charge in [0, 0.05) is 25.1 Å². The fourth-order valence-electron chi connectivity index (χ4n) is 2.79. The van der Waals surface area contributed by atoms with Gasteiger partial charge in [0.15, 0.2) is 5.96 Å². The van der Waals surface area contributed by atoms with E-state index in [9.17, 15) is 4.79 Å². The Balaban J connectivity index is 1.88. The summed E-state index contributed by atoms with van der Waals surface area (Å²) in [6.45, 7) is 7.80. The van der Waals surface area contributed by atoms with Crippen LogP contribution in [0.2, 0.25) is 0 Å². The zero-order chi connectivity index (χ0) is 21.1. The van der Waals surface area contributed by atoms with Gasteiger partial charge in [-0.2, -0.15) is 0 Å². The highest BCUT2D eigenvalue weighted by molar-refractivity contribution is 5.86. The number of aliphatic imine (C=N–C) groups is 1. The predicted molar refractivity (Wildman–Crippen MR) is 113 cm³/mol. The van der Waals surface area contributed by atoms with Crippen molar-refractivity contribution in [3.63, 3.8) is 0 Å². The number of methoxy groups -OCH3 is 1. The molecule has 158 valence electrons. The van der Waals surface area contributed by atoms with E-state index in [-0.39, 0.29) is 12.5 Å². The first-order valence-electron chi connectivity index (χ1n) is 9.99. The van der Waals surface area contributed by atoms with Crippen molar-refractivity contribution in [2.24, 2.45) is 4.99 Å². The van der Waals surface area contributed by atoms with Gasteiger partial charge in [-0.1, -0.05) is 31.1 Å². The normalized spacial score (nSPS) is 11.2. The van der Waals surface area contributed by atoms with Gasteiger partial charge >= 0.3 is 0 Å². The van der Waals surface area contributed by atoms with Gasteiger partial charge in [0.1, 0.15) is 11.5 Å². The van der Waals surface area contributed by atoms with Crippen molar-refractivity contribution in [3.8, 4) is 5.75 Å². The van der Waals surface area contributed by atoms with Crippen molar-refractivity contribution >= 4 is 11.9 Å². The first kappa shape index (κ1) is 22.3. The molecule has 8 nitrogen and oxygen atoms in total. The number of nitrogens with zero attached hydrogens (tertiary/aromatic N) is 2. The third-order valence-corrected chi connectivity index (χ3v) is 4.41. The van der Waals surface area contributed by atoms with Gasteiger partial charge in [-0.15, -0.1) is 0 Å². The van der Waals surface area contributed by atoms with Crippen molar-refractivity contribution in [1.29, 1.82) is 0 Å². The zero-order valence-corrected chi connectivity index (χ0v) is 17.7. The summed E-state index contributed by atoms with van der Waals surface area (Å²) in [7, 11) is 1.63. The van der Waals surface area contributed by atoms with E-state index in [0.29, 0.717) is 25.6 Å². The number of nitrogens with one attached hydrogen (secondary N) is 3. The molecule has 0 radical (unpaired) electrons. The average Bonchev–Trinajstić information content (AvgIpc) is 3.16. The largest absolute Gasteiger partial charge is 0.497 e. The van der Waals surface area contributed by atoms with E-state index in [4.69, 9.17) is 9.26 Å². The van der Waals surface area contributed by atoms with Crippen LogP contribution >= 0.6 is 0 Å². The van der Waals surface area contributed by atoms with E-state index in [2.05, 4.69) is 26.1 Å². The number of ether oxygens (including phenoxy) is 1. The van der Waals surface area contributed by atoms with E-state index in [1.165, 1.54) is 0 Å². The van der Waals surface area contributed by atoms with Crippen LogP contribution in [-0.2, 0) is 30.7 Å². The monoisotopic (exact) mass is 401 g/mol. The molecule has 0 bridgehead atoms. The van der Waals surface area contributed by atoms with Crippen LogP contribution in [0.25, 0.3) is 0 Å². The smallest absolute Gasteiger partial charge is 0.239 e. The maximum atomic E-state index is 12.2. The molecule has 0 atom stereocenters. The summed E-state index contributed by atoms with van der Waals surface area (Å²) in [4.78, 5) is 16.8. The minimum atomic E-state index is -0.111. The lowest BCUT2D eigenvalue weighted by molar-refractivity contribution is -0.120. The molecule has 1 heterocycles. The summed E-state index contributed by atoms with van der Waals surface area (Å²) in [5.41, 5.74) is 2.96. The number of hydrogen-bond acceptors (Lipinski definition) is 5. The first-order valence-corrected chi connectivity index (χ1v) is 9.99. The lowest BCUT2D eigenvalue weighted by Gasteiger charge is -2.12. The number of rotatable bonds is 10. The molecule has 29 heavy (non-hydrogen) atoms. The van der Waals surface area contributed by atoms with Crippen molar-refractivity contribution in [2.45, 2.75) is 46.7 Å². The highest BCUT2D eigenvalue weighted by Gasteiger charge is 2.13. The molecule has 1 aromatic heterocycles. The molecule has 1 aromatic carbocycles. The Labute approximate surface area is 172 Å². The topological polar surface area (TPSA) is 101 Å². The van der Waals surface area contributed by atoms with Crippen LogP contribution in [-0.4, -0.2) is 37.2 Å². The third-order valence-electron chi connectivity index (χ3n) is 4.41. The molecule has 0 fully saturated rings. The molecule has 0 aliphatic rings. The number of guanidine groups is 1. The molecule has 3 N–H and O–H groups in total. The molecule has 2 rings (SSSR count). The highest BCUT2D eigenvalue weighted by atomic mass is 16.5. The van der Waals surface area contributed by atoms with Gasteiger partial charge in [0.2, 0.25) is 5.91 Å². The van der Waals surface area contributed by atoms with E-state index in [0.717, 1.165) is 41.2 Å². The second-order valence-corrected chi connectivity index (χ2v) is 6.41. The Morgan fingerprint density at radius 2 is 1.86 bits per heavy atom. The van der Waals surface area contributed by atoms with Crippen LogP contribution in [0.3, 0.4) is 0 Å². The summed E-state index contributed by atoms with van der Waals surface area (Å²) in [5, 5.41) is 13.2. The van der Waals surface area contributed by atoms with Gasteiger partial charge < -0.3 is 25.2 Å². The van der Waals surface area contributed by atoms with Gasteiger partial charge in [-0.3, -0.25) is 4.79 Å². The minimum absolute atomic E-state index is 0.111. The van der Waals surface area contributed by atoms with Crippen LogP contribution < -0.4 is 20.7 Å². The standard InChI is InChI=1S/C21H31N5O3/c1-5-18-17(19(6-2)29-26-18)13-24-21(22-7-3)25-14-20(27)23-12-15-8-10-16(28-4)11-9-15/h8-11H,5-7,12-14H2,1-4H3,(H,23,27)(H2,22,24,25). The Kier molecular flexibility index (Phi) is 9.01.